The third kappa shape index (κ3) is 4.36. The third-order valence-electron chi connectivity index (χ3n) is 3.70. The molecular weight excluding hydrogens is 324 g/mol. The normalized spacial score (nSPS) is 11.3. The van der Waals surface area contributed by atoms with Crippen LogP contribution in [0.5, 0.6) is 11.5 Å². The Hall–Kier alpha value is -2.33. The third-order valence-corrected chi connectivity index (χ3v) is 3.94. The number of nitrogens with two attached hydrogens (primary N) is 1. The molecule has 0 spiro atoms. The molecule has 0 atom stereocenters. The second-order valence-corrected chi connectivity index (χ2v) is 6.15. The lowest BCUT2D eigenvalue weighted by Gasteiger charge is -2.16. The van der Waals surface area contributed by atoms with Crippen LogP contribution >= 0.6 is 11.6 Å². The molecule has 0 aliphatic heterocycles. The van der Waals surface area contributed by atoms with Gasteiger partial charge in [0.15, 0.2) is 0 Å². The quantitative estimate of drug-likeness (QED) is 0.797. The molecule has 0 saturated heterocycles. The Kier molecular flexibility index (Phi) is 5.99. The van der Waals surface area contributed by atoms with E-state index < -0.39 is 0 Å². The van der Waals surface area contributed by atoms with Crippen molar-refractivity contribution in [2.45, 2.75) is 6.42 Å². The predicted octanol–water partition coefficient (Wildman–Crippen LogP) is 4.17. The molecule has 0 radical (unpaired) electrons. The monoisotopic (exact) mass is 346 g/mol. The minimum Gasteiger partial charge on any atom is -0.497 e. The van der Waals surface area contributed by atoms with Gasteiger partial charge in [-0.25, -0.2) is 0 Å². The topological polar surface area (TPSA) is 47.7 Å². The van der Waals surface area contributed by atoms with Gasteiger partial charge in [0.2, 0.25) is 0 Å². The Bertz CT molecular complexity index is 742. The van der Waals surface area contributed by atoms with Gasteiger partial charge in [-0.05, 0) is 42.0 Å². The van der Waals surface area contributed by atoms with Crippen molar-refractivity contribution in [3.8, 4) is 11.5 Å². The van der Waals surface area contributed by atoms with E-state index in [2.05, 4.69) is 0 Å². The summed E-state index contributed by atoms with van der Waals surface area (Å²) in [5, 5.41) is 0.693. The van der Waals surface area contributed by atoms with Crippen molar-refractivity contribution >= 4 is 29.1 Å². The molecule has 0 aliphatic rings. The van der Waals surface area contributed by atoms with Gasteiger partial charge < -0.3 is 20.1 Å². The summed E-state index contributed by atoms with van der Waals surface area (Å²) in [5.74, 6) is 1.50. The fourth-order valence-electron chi connectivity index (χ4n) is 2.49. The first-order valence-corrected chi connectivity index (χ1v) is 7.96. The van der Waals surface area contributed by atoms with E-state index in [0.717, 1.165) is 34.0 Å². The van der Waals surface area contributed by atoms with Gasteiger partial charge in [-0.1, -0.05) is 17.7 Å². The summed E-state index contributed by atoms with van der Waals surface area (Å²) >= 11 is 6.44. The number of hydrogen-bond acceptors (Lipinski definition) is 4. The number of anilines is 2. The zero-order valence-corrected chi connectivity index (χ0v) is 15.2. The van der Waals surface area contributed by atoms with E-state index >= 15 is 0 Å². The number of nitrogen functional groups attached to an aromatic ring is 1. The van der Waals surface area contributed by atoms with Crippen molar-refractivity contribution in [1.29, 1.82) is 0 Å². The summed E-state index contributed by atoms with van der Waals surface area (Å²) in [5.41, 5.74) is 9.76. The van der Waals surface area contributed by atoms with E-state index in [1.165, 1.54) is 0 Å². The summed E-state index contributed by atoms with van der Waals surface area (Å²) in [6.07, 6.45) is 2.48. The van der Waals surface area contributed by atoms with Crippen molar-refractivity contribution in [1.82, 2.24) is 0 Å². The van der Waals surface area contributed by atoms with Gasteiger partial charge in [0.25, 0.3) is 0 Å². The molecule has 0 unspecified atom stereocenters. The van der Waals surface area contributed by atoms with Gasteiger partial charge >= 0.3 is 0 Å². The number of ether oxygens (including phenoxy) is 2. The minimum absolute atomic E-state index is 0.597. The molecule has 2 aromatic rings. The van der Waals surface area contributed by atoms with Gasteiger partial charge in [0.1, 0.15) is 11.5 Å². The van der Waals surface area contributed by atoms with E-state index in [1.807, 2.05) is 61.5 Å². The maximum atomic E-state index is 6.44. The van der Waals surface area contributed by atoms with E-state index in [9.17, 15) is 0 Å². The molecule has 2 aromatic carbocycles. The van der Waals surface area contributed by atoms with Crippen molar-refractivity contribution < 1.29 is 9.47 Å². The average molecular weight is 347 g/mol. The van der Waals surface area contributed by atoms with Gasteiger partial charge in [0.05, 0.1) is 25.6 Å². The highest BCUT2D eigenvalue weighted by Crippen LogP contribution is 2.29. The summed E-state index contributed by atoms with van der Waals surface area (Å²) in [7, 11) is 7.19. The van der Waals surface area contributed by atoms with Crippen molar-refractivity contribution in [3.63, 3.8) is 0 Å². The van der Waals surface area contributed by atoms with E-state index in [4.69, 9.17) is 26.8 Å². The lowest BCUT2D eigenvalue weighted by Crippen LogP contribution is -2.11. The molecule has 24 heavy (non-hydrogen) atoms. The van der Waals surface area contributed by atoms with E-state index in [1.54, 1.807) is 14.2 Å². The molecule has 0 fully saturated rings. The molecule has 0 heterocycles. The standard InChI is InChI=1S/C19H23ClN2O2/c1-22(2)18-7-5-13(10-17(18)21)9-15(20)11-14-12-16(23-3)6-8-19(14)24-4/h5-8,10-12H,9,21H2,1-4H3/b15-11+. The molecule has 0 aromatic heterocycles. The van der Waals surface area contributed by atoms with Crippen LogP contribution in [0.3, 0.4) is 0 Å². The van der Waals surface area contributed by atoms with Crippen LogP contribution in [0.15, 0.2) is 41.4 Å². The SMILES string of the molecule is COc1ccc(OC)c(/C=C(/Cl)Cc2ccc(N(C)C)c(N)c2)c1. The lowest BCUT2D eigenvalue weighted by atomic mass is 10.1. The van der Waals surface area contributed by atoms with Gasteiger partial charge in [-0.3, -0.25) is 0 Å². The zero-order chi connectivity index (χ0) is 17.7. The molecule has 4 nitrogen and oxygen atoms in total. The van der Waals surface area contributed by atoms with E-state index in [-0.39, 0.29) is 0 Å². The van der Waals surface area contributed by atoms with Crippen LogP contribution in [-0.4, -0.2) is 28.3 Å². The molecule has 0 amide bonds. The second-order valence-electron chi connectivity index (χ2n) is 5.66. The number of allylic oxidation sites excluding steroid dienone is 1. The first-order valence-electron chi connectivity index (χ1n) is 7.58. The molecule has 128 valence electrons. The smallest absolute Gasteiger partial charge is 0.126 e. The molecule has 2 rings (SSSR count). The Balaban J connectivity index is 2.24. The summed E-state index contributed by atoms with van der Waals surface area (Å²) in [6, 6.07) is 11.6. The summed E-state index contributed by atoms with van der Waals surface area (Å²) in [4.78, 5) is 1.98. The molecule has 5 heteroatoms. The second kappa shape index (κ2) is 7.97. The number of halogens is 1. The van der Waals surface area contributed by atoms with Crippen molar-refractivity contribution in [3.05, 3.63) is 52.6 Å². The Labute approximate surface area is 148 Å². The number of methoxy groups -OCH3 is 2. The number of nitrogens with zero attached hydrogens (tertiary/aromatic N) is 1. The Morgan fingerprint density at radius 3 is 2.46 bits per heavy atom. The van der Waals surface area contributed by atoms with Crippen LogP contribution in [0.4, 0.5) is 11.4 Å². The largest absolute Gasteiger partial charge is 0.497 e. The van der Waals surface area contributed by atoms with Gasteiger partial charge in [0, 0.05) is 31.1 Å². The highest BCUT2D eigenvalue weighted by Gasteiger charge is 2.07. The van der Waals surface area contributed by atoms with Crippen LogP contribution in [0.2, 0.25) is 0 Å². The minimum atomic E-state index is 0.597. The van der Waals surface area contributed by atoms with Crippen LogP contribution in [-0.2, 0) is 6.42 Å². The number of benzene rings is 2. The summed E-state index contributed by atoms with van der Waals surface area (Å²) < 4.78 is 10.6. The first-order chi connectivity index (χ1) is 11.4. The molecule has 0 bridgehead atoms. The Morgan fingerprint density at radius 2 is 1.88 bits per heavy atom. The highest BCUT2D eigenvalue weighted by molar-refractivity contribution is 6.31. The van der Waals surface area contributed by atoms with Crippen LogP contribution in [0, 0.1) is 0 Å². The predicted molar refractivity (Wildman–Crippen MR) is 102 cm³/mol. The molecular formula is C19H23ClN2O2. The van der Waals surface area contributed by atoms with Crippen molar-refractivity contribution in [2.24, 2.45) is 0 Å². The summed E-state index contributed by atoms with van der Waals surface area (Å²) in [6.45, 7) is 0. The zero-order valence-electron chi connectivity index (χ0n) is 14.5. The molecule has 2 N–H and O–H groups in total. The van der Waals surface area contributed by atoms with Gasteiger partial charge in [-0.2, -0.15) is 0 Å². The maximum Gasteiger partial charge on any atom is 0.126 e. The van der Waals surface area contributed by atoms with Crippen LogP contribution in [0.25, 0.3) is 6.08 Å². The Morgan fingerprint density at radius 1 is 1.12 bits per heavy atom. The van der Waals surface area contributed by atoms with E-state index in [0.29, 0.717) is 11.5 Å². The highest BCUT2D eigenvalue weighted by atomic mass is 35.5. The number of hydrogen-bond donors (Lipinski definition) is 1. The average Bonchev–Trinajstić information content (AvgIpc) is 2.54. The fraction of sp³-hybridized carbons (Fsp3) is 0.263. The molecule has 0 aliphatic carbocycles. The first kappa shape index (κ1) is 18.0. The van der Waals surface area contributed by atoms with Crippen LogP contribution in [0.1, 0.15) is 11.1 Å². The fourth-order valence-corrected chi connectivity index (χ4v) is 2.76. The van der Waals surface area contributed by atoms with Crippen molar-refractivity contribution in [2.75, 3.05) is 38.9 Å². The molecule has 0 saturated carbocycles. The maximum absolute atomic E-state index is 6.44. The number of rotatable bonds is 6. The lowest BCUT2D eigenvalue weighted by molar-refractivity contribution is 0.402. The van der Waals surface area contributed by atoms with Gasteiger partial charge in [-0.15, -0.1) is 0 Å². The van der Waals surface area contributed by atoms with Crippen LogP contribution < -0.4 is 20.1 Å².